The van der Waals surface area contributed by atoms with Crippen LogP contribution in [0.5, 0.6) is 0 Å². The van der Waals surface area contributed by atoms with Gasteiger partial charge in [0.05, 0.1) is 0 Å². The molecule has 2 fully saturated rings. The molecule has 0 aromatic heterocycles. The van der Waals surface area contributed by atoms with E-state index in [1.165, 1.54) is 32.1 Å². The fourth-order valence-corrected chi connectivity index (χ4v) is 3.89. The van der Waals surface area contributed by atoms with Crippen molar-refractivity contribution in [2.45, 2.75) is 77.9 Å². The van der Waals surface area contributed by atoms with Crippen molar-refractivity contribution in [1.82, 2.24) is 10.2 Å². The molecule has 0 bridgehead atoms. The van der Waals surface area contributed by atoms with Gasteiger partial charge >= 0.3 is 0 Å². The second-order valence-electron chi connectivity index (χ2n) is 7.23. The van der Waals surface area contributed by atoms with Gasteiger partial charge in [0.25, 0.3) is 0 Å². The van der Waals surface area contributed by atoms with Gasteiger partial charge in [0.1, 0.15) is 0 Å². The summed E-state index contributed by atoms with van der Waals surface area (Å²) in [5, 5.41) is 3.78. The van der Waals surface area contributed by atoms with E-state index in [0.29, 0.717) is 11.5 Å². The minimum Gasteiger partial charge on any atom is -0.312 e. The van der Waals surface area contributed by atoms with Crippen molar-refractivity contribution in [2.24, 2.45) is 11.3 Å². The first-order valence-electron chi connectivity index (χ1n) is 7.92. The Morgan fingerprint density at radius 2 is 1.94 bits per heavy atom. The van der Waals surface area contributed by atoms with Gasteiger partial charge < -0.3 is 5.32 Å². The Labute approximate surface area is 114 Å². The highest BCUT2D eigenvalue weighted by atomic mass is 15.2. The Balaban J connectivity index is 2.07. The van der Waals surface area contributed by atoms with Gasteiger partial charge in [-0.2, -0.15) is 0 Å². The summed E-state index contributed by atoms with van der Waals surface area (Å²) in [6, 6.07) is 2.15. The van der Waals surface area contributed by atoms with Crippen LogP contribution in [-0.4, -0.2) is 36.6 Å². The van der Waals surface area contributed by atoms with E-state index < -0.39 is 0 Å². The fraction of sp³-hybridized carbons (Fsp3) is 1.00. The van der Waals surface area contributed by atoms with Crippen molar-refractivity contribution < 1.29 is 0 Å². The van der Waals surface area contributed by atoms with Gasteiger partial charge in [0, 0.05) is 18.1 Å². The first-order chi connectivity index (χ1) is 8.47. The standard InChI is InChI=1S/C16H32N2/c1-6-17-15-14(8-7-11-16(15,3)4)18(5)12(2)13-9-10-13/h12-15,17H,6-11H2,1-5H3. The predicted molar refractivity (Wildman–Crippen MR) is 78.8 cm³/mol. The number of hydrogen-bond donors (Lipinski definition) is 1. The number of hydrogen-bond acceptors (Lipinski definition) is 2. The molecule has 0 amide bonds. The van der Waals surface area contributed by atoms with E-state index in [1.54, 1.807) is 0 Å². The van der Waals surface area contributed by atoms with Crippen LogP contribution >= 0.6 is 0 Å². The minimum absolute atomic E-state index is 0.441. The van der Waals surface area contributed by atoms with Crippen molar-refractivity contribution in [2.75, 3.05) is 13.6 Å². The third-order valence-corrected chi connectivity index (χ3v) is 5.44. The highest BCUT2D eigenvalue weighted by Gasteiger charge is 2.43. The van der Waals surface area contributed by atoms with E-state index in [4.69, 9.17) is 0 Å². The molecule has 0 aliphatic heterocycles. The van der Waals surface area contributed by atoms with Crippen molar-refractivity contribution in [1.29, 1.82) is 0 Å². The largest absolute Gasteiger partial charge is 0.312 e. The summed E-state index contributed by atoms with van der Waals surface area (Å²) >= 11 is 0. The average Bonchev–Trinajstić information content (AvgIpc) is 3.13. The van der Waals surface area contributed by atoms with E-state index in [9.17, 15) is 0 Å². The lowest BCUT2D eigenvalue weighted by Gasteiger charge is -2.49. The summed E-state index contributed by atoms with van der Waals surface area (Å²) in [4.78, 5) is 2.69. The molecule has 1 N–H and O–H groups in total. The normalized spacial score (nSPS) is 33.7. The molecule has 0 spiro atoms. The van der Waals surface area contributed by atoms with Crippen molar-refractivity contribution in [3.05, 3.63) is 0 Å². The number of likely N-dealkylation sites (N-methyl/N-ethyl adjacent to an activating group) is 2. The molecule has 2 saturated carbocycles. The Morgan fingerprint density at radius 3 is 2.50 bits per heavy atom. The molecule has 2 heteroatoms. The van der Waals surface area contributed by atoms with Gasteiger partial charge in [0.15, 0.2) is 0 Å². The lowest BCUT2D eigenvalue weighted by Crippen LogP contribution is -2.59. The highest BCUT2D eigenvalue weighted by molar-refractivity contribution is 4.99. The average molecular weight is 252 g/mol. The summed E-state index contributed by atoms with van der Waals surface area (Å²) in [6.07, 6.45) is 7.03. The van der Waals surface area contributed by atoms with Gasteiger partial charge in [0.2, 0.25) is 0 Å². The van der Waals surface area contributed by atoms with E-state index >= 15 is 0 Å². The van der Waals surface area contributed by atoms with Crippen LogP contribution < -0.4 is 5.32 Å². The van der Waals surface area contributed by atoms with Crippen molar-refractivity contribution in [3.63, 3.8) is 0 Å². The first kappa shape index (κ1) is 14.3. The molecule has 2 rings (SSSR count). The van der Waals surface area contributed by atoms with E-state index in [-0.39, 0.29) is 0 Å². The monoisotopic (exact) mass is 252 g/mol. The first-order valence-corrected chi connectivity index (χ1v) is 7.92. The van der Waals surface area contributed by atoms with E-state index in [0.717, 1.165) is 24.5 Å². The minimum atomic E-state index is 0.441. The molecule has 3 unspecified atom stereocenters. The summed E-state index contributed by atoms with van der Waals surface area (Å²) < 4.78 is 0. The molecule has 106 valence electrons. The quantitative estimate of drug-likeness (QED) is 0.808. The molecule has 0 aromatic carbocycles. The number of rotatable bonds is 5. The molecule has 3 atom stereocenters. The summed E-state index contributed by atoms with van der Waals surface area (Å²) in [7, 11) is 2.36. The van der Waals surface area contributed by atoms with Crippen LogP contribution in [0, 0.1) is 11.3 Å². The Hall–Kier alpha value is -0.0800. The molecular weight excluding hydrogens is 220 g/mol. The van der Waals surface area contributed by atoms with Crippen LogP contribution in [-0.2, 0) is 0 Å². The van der Waals surface area contributed by atoms with Gasteiger partial charge in [-0.25, -0.2) is 0 Å². The van der Waals surface area contributed by atoms with Crippen molar-refractivity contribution >= 4 is 0 Å². The molecule has 2 aliphatic carbocycles. The molecule has 0 aromatic rings. The van der Waals surface area contributed by atoms with E-state index in [2.05, 4.69) is 45.0 Å². The molecule has 2 aliphatic rings. The lowest BCUT2D eigenvalue weighted by atomic mass is 9.70. The van der Waals surface area contributed by atoms with Gasteiger partial charge in [-0.15, -0.1) is 0 Å². The fourth-order valence-electron chi connectivity index (χ4n) is 3.89. The topological polar surface area (TPSA) is 15.3 Å². The summed E-state index contributed by atoms with van der Waals surface area (Å²) in [5.41, 5.74) is 0.441. The maximum atomic E-state index is 3.78. The van der Waals surface area contributed by atoms with Crippen LogP contribution in [0.4, 0.5) is 0 Å². The predicted octanol–water partition coefficient (Wildman–Crippen LogP) is 3.27. The number of nitrogens with one attached hydrogen (secondary N) is 1. The second kappa shape index (κ2) is 5.50. The summed E-state index contributed by atoms with van der Waals surface area (Å²) in [5.74, 6) is 0.974. The maximum Gasteiger partial charge on any atom is 0.0274 e. The van der Waals surface area contributed by atoms with Gasteiger partial charge in [-0.1, -0.05) is 27.2 Å². The third-order valence-electron chi connectivity index (χ3n) is 5.44. The van der Waals surface area contributed by atoms with Crippen LogP contribution in [0.25, 0.3) is 0 Å². The van der Waals surface area contributed by atoms with Crippen LogP contribution in [0.2, 0.25) is 0 Å². The Morgan fingerprint density at radius 1 is 1.28 bits per heavy atom. The molecule has 0 heterocycles. The molecular formula is C16H32N2. The molecule has 0 saturated heterocycles. The number of nitrogens with zero attached hydrogens (tertiary/aromatic N) is 1. The molecule has 18 heavy (non-hydrogen) atoms. The smallest absolute Gasteiger partial charge is 0.0274 e. The lowest BCUT2D eigenvalue weighted by molar-refractivity contribution is 0.0393. The second-order valence-corrected chi connectivity index (χ2v) is 7.23. The van der Waals surface area contributed by atoms with Gasteiger partial charge in [-0.05, 0) is 57.5 Å². The molecule has 0 radical (unpaired) electrons. The SMILES string of the molecule is CCNC1C(N(C)C(C)C2CC2)CCCC1(C)C. The molecule has 2 nitrogen and oxygen atoms in total. The zero-order valence-electron chi connectivity index (χ0n) is 13.0. The Kier molecular flexibility index (Phi) is 4.38. The van der Waals surface area contributed by atoms with Crippen LogP contribution in [0.1, 0.15) is 59.8 Å². The highest BCUT2D eigenvalue weighted by Crippen LogP contribution is 2.41. The van der Waals surface area contributed by atoms with E-state index in [1.807, 2.05) is 0 Å². The van der Waals surface area contributed by atoms with Crippen LogP contribution in [0.3, 0.4) is 0 Å². The maximum absolute atomic E-state index is 3.78. The van der Waals surface area contributed by atoms with Crippen LogP contribution in [0.15, 0.2) is 0 Å². The van der Waals surface area contributed by atoms with Crippen molar-refractivity contribution in [3.8, 4) is 0 Å². The zero-order valence-corrected chi connectivity index (χ0v) is 13.0. The summed E-state index contributed by atoms with van der Waals surface area (Å²) in [6.45, 7) is 10.7. The third kappa shape index (κ3) is 2.91. The van der Waals surface area contributed by atoms with Gasteiger partial charge in [-0.3, -0.25) is 4.90 Å². The zero-order chi connectivity index (χ0) is 13.3. The Bertz CT molecular complexity index is 270.